The third-order valence-corrected chi connectivity index (χ3v) is 9.57. The van der Waals surface area contributed by atoms with Crippen molar-refractivity contribution in [3.05, 3.63) is 59.0 Å². The van der Waals surface area contributed by atoms with Gasteiger partial charge in [0, 0.05) is 30.5 Å². The van der Waals surface area contributed by atoms with Crippen LogP contribution in [0.1, 0.15) is 57.1 Å². The fraction of sp³-hybridized carbons (Fsp3) is 0.438. The van der Waals surface area contributed by atoms with Gasteiger partial charge in [-0.25, -0.2) is 4.98 Å². The molecule has 2 aliphatic rings. The fourth-order valence-corrected chi connectivity index (χ4v) is 6.93. The van der Waals surface area contributed by atoms with Crippen molar-refractivity contribution in [1.82, 2.24) is 9.97 Å². The fourth-order valence-electron chi connectivity index (χ4n) is 6.01. The zero-order valence-corrected chi connectivity index (χ0v) is 24.6. The van der Waals surface area contributed by atoms with Gasteiger partial charge in [0.25, 0.3) is 0 Å². The number of piperidine rings is 1. The highest BCUT2D eigenvalue weighted by Crippen LogP contribution is 2.41. The standard InChI is InChI=1S/C32H39N5O2S/c1-20-19-40-30-28(20)29(33-24-10-6-9-23(17-24)32(2,3)38)35-31(36-30)34-25-11-12-26(27(18-25)39-4)37-15-13-22(14-16-37)21-7-5-8-21/h6,9-12,17-19,21-22,38H,5,7-8,13-16H2,1-4H3,(H2,33,34,35,36). The van der Waals surface area contributed by atoms with E-state index in [9.17, 15) is 5.11 Å². The van der Waals surface area contributed by atoms with E-state index < -0.39 is 5.60 Å². The van der Waals surface area contributed by atoms with Crippen LogP contribution in [0.2, 0.25) is 0 Å². The number of methoxy groups -OCH3 is 1. The molecule has 3 heterocycles. The third-order valence-electron chi connectivity index (χ3n) is 8.58. The van der Waals surface area contributed by atoms with E-state index in [-0.39, 0.29) is 0 Å². The largest absolute Gasteiger partial charge is 0.495 e. The molecule has 2 fully saturated rings. The molecule has 2 aromatic carbocycles. The SMILES string of the molecule is COc1cc(Nc2nc(Nc3cccc(C(C)(C)O)c3)c3c(C)csc3n2)ccc1N1CCC(C2CCC2)CC1. The highest BCUT2D eigenvalue weighted by molar-refractivity contribution is 7.17. The molecule has 0 radical (unpaired) electrons. The first-order chi connectivity index (χ1) is 19.3. The molecule has 1 saturated carbocycles. The lowest BCUT2D eigenvalue weighted by molar-refractivity contribution is 0.0786. The number of hydrogen-bond donors (Lipinski definition) is 3. The Bertz CT molecular complexity index is 1500. The van der Waals surface area contributed by atoms with E-state index in [0.717, 1.165) is 74.9 Å². The van der Waals surface area contributed by atoms with E-state index in [0.29, 0.717) is 5.95 Å². The predicted octanol–water partition coefficient (Wildman–Crippen LogP) is 7.74. The molecule has 1 aliphatic heterocycles. The lowest BCUT2D eigenvalue weighted by Gasteiger charge is -2.41. The minimum atomic E-state index is -0.929. The third kappa shape index (κ3) is 5.47. The molecule has 0 atom stereocenters. The number of aromatic nitrogens is 2. The Morgan fingerprint density at radius 1 is 0.975 bits per heavy atom. The van der Waals surface area contributed by atoms with Crippen LogP contribution in [0.25, 0.3) is 10.2 Å². The van der Waals surface area contributed by atoms with Gasteiger partial charge < -0.3 is 25.4 Å². The van der Waals surface area contributed by atoms with E-state index >= 15 is 0 Å². The summed E-state index contributed by atoms with van der Waals surface area (Å²) in [5, 5.41) is 20.5. The second-order valence-electron chi connectivity index (χ2n) is 11.8. The summed E-state index contributed by atoms with van der Waals surface area (Å²) in [7, 11) is 1.74. The Morgan fingerprint density at radius 3 is 2.42 bits per heavy atom. The number of benzene rings is 2. The minimum absolute atomic E-state index is 0.520. The zero-order valence-electron chi connectivity index (χ0n) is 23.8. The molecule has 3 N–H and O–H groups in total. The molecule has 210 valence electrons. The van der Waals surface area contributed by atoms with Crippen molar-refractivity contribution in [2.24, 2.45) is 11.8 Å². The molecule has 0 bridgehead atoms. The summed E-state index contributed by atoms with van der Waals surface area (Å²) in [6, 6.07) is 14.1. The van der Waals surface area contributed by atoms with E-state index in [1.807, 2.05) is 30.3 Å². The van der Waals surface area contributed by atoms with Crippen molar-refractivity contribution in [1.29, 1.82) is 0 Å². The van der Waals surface area contributed by atoms with E-state index in [4.69, 9.17) is 14.7 Å². The van der Waals surface area contributed by atoms with Crippen molar-refractivity contribution in [3.8, 4) is 5.75 Å². The quantitative estimate of drug-likeness (QED) is 0.204. The van der Waals surface area contributed by atoms with Crippen LogP contribution in [0.4, 0.5) is 28.8 Å². The van der Waals surface area contributed by atoms with Crippen molar-refractivity contribution in [3.63, 3.8) is 0 Å². The molecule has 0 amide bonds. The number of hydrogen-bond acceptors (Lipinski definition) is 8. The van der Waals surface area contributed by atoms with Gasteiger partial charge in [0.05, 0.1) is 23.8 Å². The van der Waals surface area contributed by atoms with Gasteiger partial charge in [0.1, 0.15) is 16.4 Å². The molecular formula is C32H39N5O2S. The van der Waals surface area contributed by atoms with Crippen LogP contribution >= 0.6 is 11.3 Å². The van der Waals surface area contributed by atoms with E-state index in [2.05, 4.69) is 40.0 Å². The molecule has 7 nitrogen and oxygen atoms in total. The maximum absolute atomic E-state index is 10.5. The molecule has 4 aromatic rings. The van der Waals surface area contributed by atoms with Crippen LogP contribution < -0.4 is 20.3 Å². The average molecular weight is 558 g/mol. The topological polar surface area (TPSA) is 82.5 Å². The number of aliphatic hydroxyl groups is 1. The van der Waals surface area contributed by atoms with Gasteiger partial charge in [-0.2, -0.15) is 4.98 Å². The Kier molecular flexibility index (Phi) is 7.31. The van der Waals surface area contributed by atoms with Gasteiger partial charge in [-0.15, -0.1) is 11.3 Å². The first-order valence-corrected chi connectivity index (χ1v) is 15.2. The predicted molar refractivity (Wildman–Crippen MR) is 166 cm³/mol. The molecule has 6 rings (SSSR count). The van der Waals surface area contributed by atoms with Crippen LogP contribution in [0.15, 0.2) is 47.8 Å². The number of fused-ring (bicyclic) bond motifs is 1. The maximum atomic E-state index is 10.5. The average Bonchev–Trinajstić information content (AvgIpc) is 3.28. The van der Waals surface area contributed by atoms with Crippen LogP contribution in [-0.4, -0.2) is 35.3 Å². The number of thiophene rings is 1. The summed E-state index contributed by atoms with van der Waals surface area (Å²) in [5.41, 5.74) is 3.93. The summed E-state index contributed by atoms with van der Waals surface area (Å²) in [4.78, 5) is 13.1. The van der Waals surface area contributed by atoms with Crippen molar-refractivity contribution >= 4 is 50.4 Å². The summed E-state index contributed by atoms with van der Waals surface area (Å²) < 4.78 is 5.85. The molecule has 2 aromatic heterocycles. The monoisotopic (exact) mass is 557 g/mol. The Morgan fingerprint density at radius 2 is 1.73 bits per heavy atom. The summed E-state index contributed by atoms with van der Waals surface area (Å²) in [5.74, 6) is 3.97. The lowest BCUT2D eigenvalue weighted by atomic mass is 9.72. The highest BCUT2D eigenvalue weighted by atomic mass is 32.1. The van der Waals surface area contributed by atoms with Crippen LogP contribution in [0.5, 0.6) is 5.75 Å². The Balaban J connectivity index is 1.24. The minimum Gasteiger partial charge on any atom is -0.495 e. The van der Waals surface area contributed by atoms with Crippen LogP contribution in [0, 0.1) is 18.8 Å². The van der Waals surface area contributed by atoms with Gasteiger partial charge in [-0.1, -0.05) is 31.4 Å². The van der Waals surface area contributed by atoms with Crippen molar-refractivity contribution in [2.75, 3.05) is 35.7 Å². The van der Waals surface area contributed by atoms with Crippen molar-refractivity contribution in [2.45, 2.75) is 58.5 Å². The molecule has 1 aliphatic carbocycles. The summed E-state index contributed by atoms with van der Waals surface area (Å²) >= 11 is 1.61. The smallest absolute Gasteiger partial charge is 0.230 e. The number of aryl methyl sites for hydroxylation is 1. The lowest BCUT2D eigenvalue weighted by Crippen LogP contribution is -2.37. The molecule has 0 spiro atoms. The van der Waals surface area contributed by atoms with E-state index in [1.165, 1.54) is 32.1 Å². The normalized spacial score (nSPS) is 16.7. The maximum Gasteiger partial charge on any atom is 0.230 e. The molecule has 1 saturated heterocycles. The number of ether oxygens (including phenoxy) is 1. The van der Waals surface area contributed by atoms with Gasteiger partial charge in [0.2, 0.25) is 5.95 Å². The van der Waals surface area contributed by atoms with Gasteiger partial charge in [0.15, 0.2) is 0 Å². The Labute approximate surface area is 240 Å². The van der Waals surface area contributed by atoms with E-state index in [1.54, 1.807) is 32.3 Å². The van der Waals surface area contributed by atoms with Gasteiger partial charge in [-0.05, 0) is 86.2 Å². The number of rotatable bonds is 8. The van der Waals surface area contributed by atoms with Gasteiger partial charge in [-0.3, -0.25) is 0 Å². The number of nitrogens with zero attached hydrogens (tertiary/aromatic N) is 3. The molecule has 40 heavy (non-hydrogen) atoms. The second kappa shape index (κ2) is 10.9. The highest BCUT2D eigenvalue weighted by Gasteiger charge is 2.31. The zero-order chi connectivity index (χ0) is 27.9. The van der Waals surface area contributed by atoms with Crippen LogP contribution in [-0.2, 0) is 5.60 Å². The van der Waals surface area contributed by atoms with Crippen molar-refractivity contribution < 1.29 is 9.84 Å². The second-order valence-corrected chi connectivity index (χ2v) is 12.6. The summed E-state index contributed by atoms with van der Waals surface area (Å²) in [6.07, 6.45) is 6.82. The number of anilines is 5. The molecular weight excluding hydrogens is 518 g/mol. The van der Waals surface area contributed by atoms with Crippen LogP contribution in [0.3, 0.4) is 0 Å². The number of nitrogens with one attached hydrogen (secondary N) is 2. The molecule has 8 heteroatoms. The summed E-state index contributed by atoms with van der Waals surface area (Å²) in [6.45, 7) is 7.83. The molecule has 0 unspecified atom stereocenters. The first-order valence-electron chi connectivity index (χ1n) is 14.3. The Hall–Kier alpha value is -3.36. The van der Waals surface area contributed by atoms with Gasteiger partial charge >= 0.3 is 0 Å². The first kappa shape index (κ1) is 26.8.